The first kappa shape index (κ1) is 13.9. The summed E-state index contributed by atoms with van der Waals surface area (Å²) in [5.74, 6) is 0.524. The lowest BCUT2D eigenvalue weighted by molar-refractivity contribution is 0.598. The van der Waals surface area contributed by atoms with Gasteiger partial charge in [-0.2, -0.15) is 8.42 Å². The Morgan fingerprint density at radius 2 is 2.05 bits per heavy atom. The number of nitrogens with two attached hydrogens (primary N) is 1. The maximum Gasteiger partial charge on any atom is 0.279 e. The molecule has 1 aromatic heterocycles. The highest BCUT2D eigenvalue weighted by Gasteiger charge is 2.19. The molecule has 0 aliphatic heterocycles. The lowest BCUT2D eigenvalue weighted by Crippen LogP contribution is -2.15. The first-order valence-corrected chi connectivity index (χ1v) is 7.67. The Hall–Kier alpha value is -1.54. The molecule has 0 fully saturated rings. The molecule has 1 heterocycles. The Balaban J connectivity index is 2.41. The van der Waals surface area contributed by atoms with Crippen LogP contribution in [0.2, 0.25) is 0 Å². The summed E-state index contributed by atoms with van der Waals surface area (Å²) < 4.78 is 27.3. The minimum Gasteiger partial charge on any atom is -0.397 e. The van der Waals surface area contributed by atoms with Crippen molar-refractivity contribution in [1.29, 1.82) is 0 Å². The molecule has 0 bridgehead atoms. The molecule has 0 aliphatic rings. The average molecular weight is 345 g/mol. The molecule has 8 heteroatoms. The number of halogens is 1. The van der Waals surface area contributed by atoms with Gasteiger partial charge in [-0.25, -0.2) is 4.98 Å². The van der Waals surface area contributed by atoms with Crippen molar-refractivity contribution in [2.75, 3.05) is 10.5 Å². The molecule has 0 aliphatic carbocycles. The summed E-state index contributed by atoms with van der Waals surface area (Å²) in [5, 5.41) is -0.00289. The molecule has 19 heavy (non-hydrogen) atoms. The monoisotopic (exact) mass is 344 g/mol. The van der Waals surface area contributed by atoms with Gasteiger partial charge in [0.1, 0.15) is 5.82 Å². The van der Waals surface area contributed by atoms with Gasteiger partial charge < -0.3 is 10.7 Å². The lowest BCUT2D eigenvalue weighted by Gasteiger charge is -2.12. The zero-order valence-electron chi connectivity index (χ0n) is 10.4. The number of hydrogen-bond donors (Lipinski definition) is 3. The largest absolute Gasteiger partial charge is 0.397 e. The smallest absolute Gasteiger partial charge is 0.279 e. The summed E-state index contributed by atoms with van der Waals surface area (Å²) >= 11 is 3.30. The number of rotatable bonds is 3. The third-order valence-corrected chi connectivity index (χ3v) is 4.36. The van der Waals surface area contributed by atoms with E-state index >= 15 is 0 Å². The first-order chi connectivity index (χ1) is 8.79. The van der Waals surface area contributed by atoms with E-state index in [1.807, 2.05) is 6.92 Å². The Kier molecular flexibility index (Phi) is 3.55. The highest BCUT2D eigenvalue weighted by atomic mass is 79.9. The van der Waals surface area contributed by atoms with Gasteiger partial charge in [-0.1, -0.05) is 0 Å². The number of sulfonamides is 1. The van der Waals surface area contributed by atoms with Gasteiger partial charge in [0.2, 0.25) is 0 Å². The zero-order chi connectivity index (χ0) is 14.2. The molecule has 0 radical (unpaired) electrons. The molecular weight excluding hydrogens is 332 g/mol. The fourth-order valence-electron chi connectivity index (χ4n) is 1.60. The van der Waals surface area contributed by atoms with Crippen molar-refractivity contribution in [3.63, 3.8) is 0 Å². The highest BCUT2D eigenvalue weighted by Crippen LogP contribution is 2.31. The van der Waals surface area contributed by atoms with Gasteiger partial charge in [0.25, 0.3) is 10.0 Å². The Morgan fingerprint density at radius 3 is 2.58 bits per heavy atom. The number of H-pyrrole nitrogens is 1. The van der Waals surface area contributed by atoms with Crippen LogP contribution in [0.15, 0.2) is 27.8 Å². The second kappa shape index (κ2) is 4.86. The topological polar surface area (TPSA) is 101 Å². The van der Waals surface area contributed by atoms with Gasteiger partial charge in [-0.3, -0.25) is 4.72 Å². The molecule has 0 saturated heterocycles. The van der Waals surface area contributed by atoms with E-state index in [1.54, 1.807) is 19.1 Å². The van der Waals surface area contributed by atoms with Gasteiger partial charge >= 0.3 is 0 Å². The Morgan fingerprint density at radius 1 is 1.37 bits per heavy atom. The van der Waals surface area contributed by atoms with Gasteiger partial charge in [-0.15, -0.1) is 0 Å². The van der Waals surface area contributed by atoms with E-state index in [9.17, 15) is 8.42 Å². The third kappa shape index (κ3) is 2.90. The SMILES string of the molecule is Cc1cc(N)c(NS(=O)(=O)c2cnc(C)[nH]2)c(Br)c1. The molecule has 102 valence electrons. The van der Waals surface area contributed by atoms with Crippen molar-refractivity contribution in [1.82, 2.24) is 9.97 Å². The van der Waals surface area contributed by atoms with E-state index in [-0.39, 0.29) is 5.03 Å². The Bertz CT molecular complexity index is 701. The number of hydrogen-bond acceptors (Lipinski definition) is 4. The molecular formula is C11H13BrN4O2S. The fourth-order valence-corrected chi connectivity index (χ4v) is 3.50. The summed E-state index contributed by atoms with van der Waals surface area (Å²) in [6.45, 7) is 3.55. The number of aromatic nitrogens is 2. The highest BCUT2D eigenvalue weighted by molar-refractivity contribution is 9.10. The number of nitrogens with zero attached hydrogens (tertiary/aromatic N) is 1. The van der Waals surface area contributed by atoms with Gasteiger partial charge in [-0.05, 0) is 47.5 Å². The number of nitrogens with one attached hydrogen (secondary N) is 2. The molecule has 0 unspecified atom stereocenters. The molecule has 0 saturated carbocycles. The van der Waals surface area contributed by atoms with Crippen molar-refractivity contribution in [2.45, 2.75) is 18.9 Å². The quantitative estimate of drug-likeness (QED) is 0.742. The first-order valence-electron chi connectivity index (χ1n) is 5.39. The average Bonchev–Trinajstić information content (AvgIpc) is 2.71. The summed E-state index contributed by atoms with van der Waals surface area (Å²) in [6, 6.07) is 3.48. The summed E-state index contributed by atoms with van der Waals surface area (Å²) in [6.07, 6.45) is 1.26. The van der Waals surface area contributed by atoms with Crippen molar-refractivity contribution < 1.29 is 8.42 Å². The van der Waals surface area contributed by atoms with Crippen molar-refractivity contribution in [3.8, 4) is 0 Å². The maximum atomic E-state index is 12.1. The van der Waals surface area contributed by atoms with Crippen molar-refractivity contribution in [2.24, 2.45) is 0 Å². The van der Waals surface area contributed by atoms with Gasteiger partial charge in [0, 0.05) is 4.47 Å². The van der Waals surface area contributed by atoms with E-state index in [0.29, 0.717) is 21.7 Å². The maximum absolute atomic E-state index is 12.1. The number of benzene rings is 1. The number of aromatic amines is 1. The molecule has 0 spiro atoms. The van der Waals surface area contributed by atoms with Crippen LogP contribution in [0.4, 0.5) is 11.4 Å². The molecule has 6 nitrogen and oxygen atoms in total. The zero-order valence-corrected chi connectivity index (χ0v) is 12.8. The number of nitrogen functional groups attached to an aromatic ring is 1. The van der Waals surface area contributed by atoms with Crippen molar-refractivity contribution in [3.05, 3.63) is 34.2 Å². The second-order valence-electron chi connectivity index (χ2n) is 4.15. The lowest BCUT2D eigenvalue weighted by atomic mass is 10.2. The predicted molar refractivity (Wildman–Crippen MR) is 77.4 cm³/mol. The number of anilines is 2. The van der Waals surface area contributed by atoms with E-state index in [2.05, 4.69) is 30.6 Å². The van der Waals surface area contributed by atoms with Crippen LogP contribution >= 0.6 is 15.9 Å². The second-order valence-corrected chi connectivity index (χ2v) is 6.65. The van der Waals surface area contributed by atoms with Crippen LogP contribution in [0.25, 0.3) is 0 Å². The van der Waals surface area contributed by atoms with E-state index in [1.165, 1.54) is 6.20 Å². The standard InChI is InChI=1S/C11H13BrN4O2S/c1-6-3-8(12)11(9(13)4-6)16-19(17,18)10-5-14-7(2)15-10/h3-5,16H,13H2,1-2H3,(H,14,15). The van der Waals surface area contributed by atoms with Crippen molar-refractivity contribution >= 4 is 37.3 Å². The number of imidazole rings is 1. The molecule has 2 aromatic rings. The van der Waals surface area contributed by atoms with Crippen LogP contribution in [-0.2, 0) is 10.0 Å². The minimum absolute atomic E-state index is 0.00289. The van der Waals surface area contributed by atoms with E-state index < -0.39 is 10.0 Å². The van der Waals surface area contributed by atoms with Crippen LogP contribution in [0, 0.1) is 13.8 Å². The fraction of sp³-hybridized carbons (Fsp3) is 0.182. The Labute approximate surface area is 119 Å². The van der Waals surface area contributed by atoms with E-state index in [0.717, 1.165) is 5.56 Å². The minimum atomic E-state index is -3.73. The number of aryl methyl sites for hydroxylation is 2. The molecule has 1 aromatic carbocycles. The van der Waals surface area contributed by atoms with Crippen LogP contribution in [-0.4, -0.2) is 18.4 Å². The summed E-state index contributed by atoms with van der Waals surface area (Å²) in [7, 11) is -3.73. The third-order valence-electron chi connectivity index (χ3n) is 2.47. The molecule has 0 atom stereocenters. The molecule has 0 amide bonds. The molecule has 4 N–H and O–H groups in total. The summed E-state index contributed by atoms with van der Waals surface area (Å²) in [5.41, 5.74) is 7.44. The van der Waals surface area contributed by atoms with Crippen LogP contribution in [0.5, 0.6) is 0 Å². The van der Waals surface area contributed by atoms with Gasteiger partial charge in [0.15, 0.2) is 5.03 Å². The van der Waals surface area contributed by atoms with Crippen LogP contribution < -0.4 is 10.5 Å². The van der Waals surface area contributed by atoms with Crippen LogP contribution in [0.3, 0.4) is 0 Å². The van der Waals surface area contributed by atoms with Gasteiger partial charge in [0.05, 0.1) is 17.6 Å². The summed E-state index contributed by atoms with van der Waals surface area (Å²) in [4.78, 5) is 6.53. The predicted octanol–water partition coefficient (Wildman–Crippen LogP) is 2.17. The molecule has 2 rings (SSSR count). The van der Waals surface area contributed by atoms with E-state index in [4.69, 9.17) is 5.73 Å². The normalized spacial score (nSPS) is 11.5. The van der Waals surface area contributed by atoms with Crippen LogP contribution in [0.1, 0.15) is 11.4 Å².